The molecule has 0 aliphatic carbocycles. The van der Waals surface area contributed by atoms with Crippen molar-refractivity contribution in [1.29, 1.82) is 0 Å². The smallest absolute Gasteiger partial charge is 0.475 e. The van der Waals surface area contributed by atoms with E-state index < -0.39 is 46.4 Å². The van der Waals surface area contributed by atoms with Crippen molar-refractivity contribution in [2.45, 2.75) is 91.8 Å². The van der Waals surface area contributed by atoms with Gasteiger partial charge in [0, 0.05) is 24.2 Å². The molecule has 2 aromatic heterocycles. The summed E-state index contributed by atoms with van der Waals surface area (Å²) in [6, 6.07) is 5.70. The SMILES string of the molecule is CCc1nc(OCCO)c2cc(NC(C)(C)C(=O)OC)cc(F)c2n1.CCc1nc(OCCOC(=O)OC(C)(C)C)c2cc(NC(C)(C)C(=O)OC)cc(F)c2n1. The van der Waals surface area contributed by atoms with Gasteiger partial charge in [0.15, 0.2) is 11.6 Å². The van der Waals surface area contributed by atoms with E-state index in [1.165, 1.54) is 26.4 Å². The average Bonchev–Trinajstić information content (AvgIpc) is 3.14. The van der Waals surface area contributed by atoms with Crippen molar-refractivity contribution < 1.29 is 56.7 Å². The number of esters is 2. The summed E-state index contributed by atoms with van der Waals surface area (Å²) in [6.07, 6.45) is 0.168. The molecule has 0 fully saturated rings. The van der Waals surface area contributed by atoms with E-state index in [2.05, 4.69) is 30.6 Å². The Balaban J connectivity index is 0.000000315. The summed E-state index contributed by atoms with van der Waals surface area (Å²) in [6.45, 7) is 15.1. The Bertz CT molecular complexity index is 2060. The molecule has 0 aliphatic heterocycles. The van der Waals surface area contributed by atoms with Crippen molar-refractivity contribution in [2.24, 2.45) is 0 Å². The monoisotopic (exact) mass is 802 g/mol. The molecule has 3 N–H and O–H groups in total. The van der Waals surface area contributed by atoms with E-state index in [4.69, 9.17) is 33.5 Å². The number of fused-ring (bicyclic) bond motifs is 2. The van der Waals surface area contributed by atoms with Gasteiger partial charge in [-0.25, -0.2) is 33.1 Å². The lowest BCUT2D eigenvalue weighted by molar-refractivity contribution is -0.145. The molecule has 16 nitrogen and oxygen atoms in total. The Labute approximate surface area is 330 Å². The first kappa shape index (κ1) is 45.7. The highest BCUT2D eigenvalue weighted by Crippen LogP contribution is 2.31. The normalized spacial score (nSPS) is 11.6. The number of carbonyl (C=O) groups excluding carboxylic acids is 3. The quantitative estimate of drug-likeness (QED) is 0.0707. The van der Waals surface area contributed by atoms with Gasteiger partial charge in [-0.2, -0.15) is 9.97 Å². The number of halogens is 2. The number of anilines is 2. The van der Waals surface area contributed by atoms with Crippen LogP contribution in [0.15, 0.2) is 24.3 Å². The maximum atomic E-state index is 14.9. The van der Waals surface area contributed by atoms with E-state index in [0.717, 1.165) is 0 Å². The van der Waals surface area contributed by atoms with Gasteiger partial charge in [0.2, 0.25) is 11.8 Å². The highest BCUT2D eigenvalue weighted by molar-refractivity contribution is 5.90. The molecule has 0 atom stereocenters. The topological polar surface area (TPSA) is 202 Å². The Morgan fingerprint density at radius 3 is 1.46 bits per heavy atom. The molecule has 0 saturated heterocycles. The number of hydrogen-bond donors (Lipinski definition) is 3. The van der Waals surface area contributed by atoms with Crippen LogP contribution in [-0.4, -0.2) is 100 Å². The second-order valence-electron chi connectivity index (χ2n) is 14.5. The highest BCUT2D eigenvalue weighted by Gasteiger charge is 2.30. The van der Waals surface area contributed by atoms with Gasteiger partial charge in [-0.05, 0) is 72.7 Å². The number of nitrogens with one attached hydrogen (secondary N) is 2. The fraction of sp³-hybridized carbons (Fsp3) is 0.513. The standard InChI is InChI=1S/C22H30FN3O6.C17H22FN3O4/c1-8-16-24-17-14(11-13(12-15(17)23)26-22(5,6)19(27)29-7)18(25-16)30-9-10-31-20(28)32-21(2,3)4;1-5-13-19-14-11(15(20-13)25-7-6-22)8-10(9-12(14)18)21-17(2,3)16(23)24-4/h11-12,26H,8-10H2,1-7H3;8-9,21-22H,5-7H2,1-4H3. The first-order valence-electron chi connectivity index (χ1n) is 18.1. The largest absolute Gasteiger partial charge is 0.508 e. The van der Waals surface area contributed by atoms with Crippen molar-refractivity contribution in [3.8, 4) is 11.8 Å². The van der Waals surface area contributed by atoms with Crippen LogP contribution >= 0.6 is 0 Å². The molecule has 4 aromatic rings. The number of rotatable bonds is 15. The van der Waals surface area contributed by atoms with Gasteiger partial charge in [-0.15, -0.1) is 0 Å². The fourth-order valence-electron chi connectivity index (χ4n) is 5.11. The summed E-state index contributed by atoms with van der Waals surface area (Å²) >= 11 is 0. The molecular weight excluding hydrogens is 750 g/mol. The van der Waals surface area contributed by atoms with Crippen LogP contribution in [0, 0.1) is 11.6 Å². The van der Waals surface area contributed by atoms with Crippen LogP contribution in [0.25, 0.3) is 21.8 Å². The molecule has 0 amide bonds. The molecule has 4 rings (SSSR count). The number of aryl methyl sites for hydroxylation is 2. The molecular formula is C39H52F2N6O10. The predicted molar refractivity (Wildman–Crippen MR) is 207 cm³/mol. The van der Waals surface area contributed by atoms with Crippen molar-refractivity contribution in [1.82, 2.24) is 19.9 Å². The zero-order valence-electron chi connectivity index (χ0n) is 34.2. The molecule has 2 aromatic carbocycles. The zero-order valence-corrected chi connectivity index (χ0v) is 34.2. The third-order valence-corrected chi connectivity index (χ3v) is 7.73. The molecule has 0 aliphatic rings. The van der Waals surface area contributed by atoms with Gasteiger partial charge in [-0.1, -0.05) is 13.8 Å². The summed E-state index contributed by atoms with van der Waals surface area (Å²) < 4.78 is 60.1. The first-order chi connectivity index (χ1) is 26.7. The molecule has 0 unspecified atom stereocenters. The molecule has 0 spiro atoms. The maximum Gasteiger partial charge on any atom is 0.508 e. The molecule has 0 bridgehead atoms. The lowest BCUT2D eigenvalue weighted by Gasteiger charge is -2.24. The van der Waals surface area contributed by atoms with Gasteiger partial charge in [0.1, 0.15) is 59.2 Å². The number of hydrogen-bond acceptors (Lipinski definition) is 16. The molecule has 2 heterocycles. The number of aromatic nitrogens is 4. The average molecular weight is 803 g/mol. The third-order valence-electron chi connectivity index (χ3n) is 7.73. The second kappa shape index (κ2) is 19.5. The number of aliphatic hydroxyl groups excluding tert-OH is 1. The molecule has 18 heteroatoms. The summed E-state index contributed by atoms with van der Waals surface area (Å²) in [5.41, 5.74) is -1.92. The number of carbonyl (C=O) groups is 3. The van der Waals surface area contributed by atoms with E-state index in [1.54, 1.807) is 60.6 Å². The Morgan fingerprint density at radius 1 is 0.667 bits per heavy atom. The van der Waals surface area contributed by atoms with E-state index in [-0.39, 0.29) is 49.2 Å². The molecule has 0 saturated carbocycles. The minimum Gasteiger partial charge on any atom is -0.475 e. The van der Waals surface area contributed by atoms with Crippen molar-refractivity contribution in [2.75, 3.05) is 51.3 Å². The number of benzene rings is 2. The summed E-state index contributed by atoms with van der Waals surface area (Å²) in [5.74, 6) is -0.990. The number of nitrogens with zero attached hydrogens (tertiary/aromatic N) is 4. The summed E-state index contributed by atoms with van der Waals surface area (Å²) in [4.78, 5) is 52.5. The van der Waals surface area contributed by atoms with Gasteiger partial charge in [0.05, 0.1) is 31.6 Å². The number of methoxy groups -OCH3 is 2. The Morgan fingerprint density at radius 2 is 1.09 bits per heavy atom. The minimum absolute atomic E-state index is 0.0263. The summed E-state index contributed by atoms with van der Waals surface area (Å²) in [5, 5.41) is 15.5. The van der Waals surface area contributed by atoms with Crippen molar-refractivity contribution in [3.63, 3.8) is 0 Å². The van der Waals surface area contributed by atoms with Crippen LogP contribution in [0.4, 0.5) is 25.0 Å². The molecule has 312 valence electrons. The maximum absolute atomic E-state index is 14.9. The predicted octanol–water partition coefficient (Wildman–Crippen LogP) is 6.09. The third kappa shape index (κ3) is 12.7. The van der Waals surface area contributed by atoms with Crippen LogP contribution in [0.1, 0.15) is 74.0 Å². The van der Waals surface area contributed by atoms with Crippen LogP contribution in [-0.2, 0) is 41.4 Å². The van der Waals surface area contributed by atoms with Gasteiger partial charge in [-0.3, -0.25) is 0 Å². The van der Waals surface area contributed by atoms with Gasteiger partial charge >= 0.3 is 18.1 Å². The van der Waals surface area contributed by atoms with Crippen LogP contribution in [0.3, 0.4) is 0 Å². The van der Waals surface area contributed by atoms with E-state index in [1.807, 2.05) is 13.8 Å². The first-order valence-corrected chi connectivity index (χ1v) is 18.1. The van der Waals surface area contributed by atoms with Crippen LogP contribution in [0.2, 0.25) is 0 Å². The van der Waals surface area contributed by atoms with E-state index in [0.29, 0.717) is 46.6 Å². The Kier molecular flexibility index (Phi) is 15.6. The zero-order chi connectivity index (χ0) is 42.7. The van der Waals surface area contributed by atoms with Crippen LogP contribution < -0.4 is 20.1 Å². The van der Waals surface area contributed by atoms with Gasteiger partial charge < -0.3 is 44.2 Å². The second-order valence-corrected chi connectivity index (χ2v) is 14.5. The molecule has 57 heavy (non-hydrogen) atoms. The number of aliphatic hydroxyl groups is 1. The number of ether oxygens (including phenoxy) is 6. The molecule has 0 radical (unpaired) electrons. The van der Waals surface area contributed by atoms with Crippen LogP contribution in [0.5, 0.6) is 11.8 Å². The minimum atomic E-state index is -1.10. The van der Waals surface area contributed by atoms with Gasteiger partial charge in [0.25, 0.3) is 0 Å². The lowest BCUT2D eigenvalue weighted by Crippen LogP contribution is -2.41. The Hall–Kier alpha value is -5.65. The van der Waals surface area contributed by atoms with Crippen molar-refractivity contribution in [3.05, 3.63) is 47.5 Å². The summed E-state index contributed by atoms with van der Waals surface area (Å²) in [7, 11) is 2.56. The lowest BCUT2D eigenvalue weighted by atomic mass is 10.0. The van der Waals surface area contributed by atoms with E-state index in [9.17, 15) is 23.2 Å². The van der Waals surface area contributed by atoms with Crippen molar-refractivity contribution >= 4 is 51.3 Å². The van der Waals surface area contributed by atoms with E-state index >= 15 is 0 Å². The highest BCUT2D eigenvalue weighted by atomic mass is 19.1. The fourth-order valence-corrected chi connectivity index (χ4v) is 5.11.